The Morgan fingerprint density at radius 3 is 2.47 bits per heavy atom. The number of piperazine rings is 1. The zero-order chi connectivity index (χ0) is 23.7. The van der Waals surface area contributed by atoms with Crippen LogP contribution in [0.4, 0.5) is 0 Å². The van der Waals surface area contributed by atoms with Gasteiger partial charge in [0.15, 0.2) is 0 Å². The highest BCUT2D eigenvalue weighted by atomic mass is 16.5. The van der Waals surface area contributed by atoms with Gasteiger partial charge in [0.05, 0.1) is 18.5 Å². The van der Waals surface area contributed by atoms with E-state index in [0.29, 0.717) is 37.8 Å². The Labute approximate surface area is 199 Å². The third-order valence-electron chi connectivity index (χ3n) is 6.75. The van der Waals surface area contributed by atoms with Crippen LogP contribution in [0.1, 0.15) is 28.3 Å². The van der Waals surface area contributed by atoms with E-state index >= 15 is 0 Å². The van der Waals surface area contributed by atoms with E-state index in [0.717, 1.165) is 51.9 Å². The molecule has 1 aliphatic heterocycles. The molecule has 0 N–H and O–H groups in total. The van der Waals surface area contributed by atoms with Gasteiger partial charge < -0.3 is 9.42 Å². The molecule has 3 heterocycles. The van der Waals surface area contributed by atoms with Crippen molar-refractivity contribution in [3.8, 4) is 11.4 Å². The highest BCUT2D eigenvalue weighted by Gasteiger charge is 2.24. The van der Waals surface area contributed by atoms with Crippen molar-refractivity contribution >= 4 is 16.8 Å². The molecule has 0 unspecified atom stereocenters. The summed E-state index contributed by atoms with van der Waals surface area (Å²) in [6.45, 7) is 9.66. The molecule has 0 aliphatic carbocycles. The number of carbonyl (C=O) groups is 1. The number of para-hydroxylation sites is 1. The lowest BCUT2D eigenvalue weighted by Gasteiger charge is -2.34. The molecule has 0 spiro atoms. The fraction of sp³-hybridized carbons (Fsp3) is 0.333. The highest BCUT2D eigenvalue weighted by Crippen LogP contribution is 2.24. The van der Waals surface area contributed by atoms with Crippen molar-refractivity contribution in [2.45, 2.75) is 33.7 Å². The molecule has 0 saturated carbocycles. The Hall–Kier alpha value is -3.58. The average molecular weight is 456 g/mol. The van der Waals surface area contributed by atoms with E-state index in [-0.39, 0.29) is 5.91 Å². The van der Waals surface area contributed by atoms with Gasteiger partial charge in [-0.1, -0.05) is 47.6 Å². The predicted molar refractivity (Wildman–Crippen MR) is 131 cm³/mol. The number of fused-ring (bicyclic) bond motifs is 1. The van der Waals surface area contributed by atoms with Crippen molar-refractivity contribution < 1.29 is 9.32 Å². The molecule has 7 nitrogen and oxygen atoms in total. The summed E-state index contributed by atoms with van der Waals surface area (Å²) in [5.74, 6) is 1.38. The zero-order valence-corrected chi connectivity index (χ0v) is 19.9. The molecule has 34 heavy (non-hydrogen) atoms. The Bertz CT molecular complexity index is 1340. The Kier molecular flexibility index (Phi) is 6.11. The van der Waals surface area contributed by atoms with Gasteiger partial charge in [0, 0.05) is 42.8 Å². The van der Waals surface area contributed by atoms with Gasteiger partial charge in [-0.05, 0) is 43.5 Å². The van der Waals surface area contributed by atoms with Gasteiger partial charge >= 0.3 is 0 Å². The van der Waals surface area contributed by atoms with Crippen LogP contribution >= 0.6 is 0 Å². The molecule has 174 valence electrons. The molecule has 2 aromatic heterocycles. The first-order valence-electron chi connectivity index (χ1n) is 11.7. The van der Waals surface area contributed by atoms with Crippen molar-refractivity contribution in [3.63, 3.8) is 0 Å². The summed E-state index contributed by atoms with van der Waals surface area (Å²) in [6, 6.07) is 16.1. The van der Waals surface area contributed by atoms with Crippen LogP contribution in [0.15, 0.2) is 53.1 Å². The third kappa shape index (κ3) is 4.43. The van der Waals surface area contributed by atoms with Crippen LogP contribution in [-0.2, 0) is 17.8 Å². The number of nitrogens with zero attached hydrogens (tertiary/aromatic N) is 5. The molecule has 2 aromatic carbocycles. The zero-order valence-electron chi connectivity index (χ0n) is 19.9. The Morgan fingerprint density at radius 1 is 0.941 bits per heavy atom. The predicted octanol–water partition coefficient (Wildman–Crippen LogP) is 4.10. The minimum atomic E-state index is 0.155. The number of benzene rings is 2. The van der Waals surface area contributed by atoms with Crippen LogP contribution in [0.5, 0.6) is 0 Å². The SMILES string of the molecule is Cc1ccccc1-c1noc(CN2CCN(C(=O)Cc3c(C)nc4ccccc4c3C)CC2)n1. The topological polar surface area (TPSA) is 75.4 Å². The van der Waals surface area contributed by atoms with Gasteiger partial charge in [-0.15, -0.1) is 0 Å². The number of aryl methyl sites for hydroxylation is 3. The van der Waals surface area contributed by atoms with Crippen LogP contribution in [0.25, 0.3) is 22.3 Å². The van der Waals surface area contributed by atoms with Gasteiger partial charge in [-0.3, -0.25) is 14.7 Å². The summed E-state index contributed by atoms with van der Waals surface area (Å²) in [5.41, 5.74) is 6.21. The molecule has 1 saturated heterocycles. The van der Waals surface area contributed by atoms with E-state index < -0.39 is 0 Å². The minimum Gasteiger partial charge on any atom is -0.340 e. The largest absolute Gasteiger partial charge is 0.340 e. The first-order chi connectivity index (χ1) is 16.5. The molecule has 0 radical (unpaired) electrons. The molecule has 0 atom stereocenters. The van der Waals surface area contributed by atoms with Crippen molar-refractivity contribution in [3.05, 3.63) is 76.8 Å². The van der Waals surface area contributed by atoms with Crippen molar-refractivity contribution in [1.82, 2.24) is 24.9 Å². The van der Waals surface area contributed by atoms with Crippen LogP contribution in [0.3, 0.4) is 0 Å². The molecule has 1 aliphatic rings. The van der Waals surface area contributed by atoms with E-state index in [4.69, 9.17) is 9.51 Å². The lowest BCUT2D eigenvalue weighted by atomic mass is 9.99. The molecule has 1 fully saturated rings. The maximum Gasteiger partial charge on any atom is 0.241 e. The summed E-state index contributed by atoms with van der Waals surface area (Å²) >= 11 is 0. The van der Waals surface area contributed by atoms with Gasteiger partial charge in [0.1, 0.15) is 0 Å². The first kappa shape index (κ1) is 22.2. The van der Waals surface area contributed by atoms with Crippen molar-refractivity contribution in [1.29, 1.82) is 0 Å². The smallest absolute Gasteiger partial charge is 0.241 e. The second-order valence-electron chi connectivity index (χ2n) is 8.98. The van der Waals surface area contributed by atoms with E-state index in [2.05, 4.69) is 28.0 Å². The highest BCUT2D eigenvalue weighted by molar-refractivity contribution is 5.86. The van der Waals surface area contributed by atoms with Gasteiger partial charge in [0.25, 0.3) is 0 Å². The number of pyridine rings is 1. The van der Waals surface area contributed by atoms with E-state index in [1.54, 1.807) is 0 Å². The van der Waals surface area contributed by atoms with Crippen LogP contribution < -0.4 is 0 Å². The number of amides is 1. The summed E-state index contributed by atoms with van der Waals surface area (Å²) in [5, 5.41) is 5.27. The second kappa shape index (κ2) is 9.35. The van der Waals surface area contributed by atoms with Gasteiger partial charge in [-0.25, -0.2) is 0 Å². The molecule has 1 amide bonds. The van der Waals surface area contributed by atoms with Gasteiger partial charge in [-0.2, -0.15) is 4.98 Å². The third-order valence-corrected chi connectivity index (χ3v) is 6.75. The molecule has 5 rings (SSSR count). The second-order valence-corrected chi connectivity index (χ2v) is 8.98. The monoisotopic (exact) mass is 455 g/mol. The summed E-state index contributed by atoms with van der Waals surface area (Å²) in [7, 11) is 0. The standard InChI is InChI=1S/C27H29N5O2/c1-18-8-4-5-9-21(18)27-29-25(34-30-27)17-31-12-14-32(15-13-31)26(33)16-23-19(2)22-10-6-7-11-24(22)28-20(23)3/h4-11H,12-17H2,1-3H3. The van der Waals surface area contributed by atoms with Crippen LogP contribution in [-0.4, -0.2) is 57.0 Å². The lowest BCUT2D eigenvalue weighted by Crippen LogP contribution is -2.48. The summed E-state index contributed by atoms with van der Waals surface area (Å²) in [4.78, 5) is 26.6. The normalized spacial score (nSPS) is 14.6. The van der Waals surface area contributed by atoms with Crippen LogP contribution in [0.2, 0.25) is 0 Å². The fourth-order valence-corrected chi connectivity index (χ4v) is 4.69. The number of hydrogen-bond donors (Lipinski definition) is 0. The van der Waals surface area contributed by atoms with Crippen LogP contribution in [0, 0.1) is 20.8 Å². The summed E-state index contributed by atoms with van der Waals surface area (Å²) < 4.78 is 5.50. The average Bonchev–Trinajstić information content (AvgIpc) is 3.30. The first-order valence-corrected chi connectivity index (χ1v) is 11.7. The fourth-order valence-electron chi connectivity index (χ4n) is 4.69. The van der Waals surface area contributed by atoms with Crippen molar-refractivity contribution in [2.75, 3.05) is 26.2 Å². The number of hydrogen-bond acceptors (Lipinski definition) is 6. The van der Waals surface area contributed by atoms with E-state index in [1.165, 1.54) is 0 Å². The van der Waals surface area contributed by atoms with Gasteiger partial charge in [0.2, 0.25) is 17.6 Å². The molecule has 7 heteroatoms. The minimum absolute atomic E-state index is 0.155. The molecule has 0 bridgehead atoms. The molecular formula is C27H29N5O2. The Morgan fingerprint density at radius 2 is 1.68 bits per heavy atom. The lowest BCUT2D eigenvalue weighted by molar-refractivity contribution is -0.132. The maximum absolute atomic E-state index is 13.1. The number of carbonyl (C=O) groups excluding carboxylic acids is 1. The van der Waals surface area contributed by atoms with E-state index in [9.17, 15) is 4.79 Å². The van der Waals surface area contributed by atoms with E-state index in [1.807, 2.05) is 61.2 Å². The quantitative estimate of drug-likeness (QED) is 0.451. The molecular weight excluding hydrogens is 426 g/mol. The maximum atomic E-state index is 13.1. The molecule has 4 aromatic rings. The number of rotatable bonds is 5. The Balaban J connectivity index is 1.20. The summed E-state index contributed by atoms with van der Waals surface area (Å²) in [6.07, 6.45) is 0.388. The van der Waals surface area contributed by atoms with Crippen molar-refractivity contribution in [2.24, 2.45) is 0 Å². The number of aromatic nitrogens is 3.